The fraction of sp³-hybridized carbons (Fsp3) is 0.167. The zero-order chi connectivity index (χ0) is 8.97. The summed E-state index contributed by atoms with van der Waals surface area (Å²) in [6.07, 6.45) is 4.81. The van der Waals surface area contributed by atoms with E-state index in [0.717, 1.165) is 11.8 Å². The van der Waals surface area contributed by atoms with Crippen LogP contribution < -0.4 is 0 Å². The van der Waals surface area contributed by atoms with Gasteiger partial charge in [0.25, 0.3) is 0 Å². The number of hydrogen-bond donors (Lipinski definition) is 1. The Hall–Kier alpha value is -0.880. The molecule has 0 aliphatic heterocycles. The van der Waals surface area contributed by atoms with Crippen LogP contribution in [-0.2, 0) is 4.79 Å². The molecule has 0 aromatic carbocycles. The lowest BCUT2D eigenvalue weighted by molar-refractivity contribution is -0.133. The van der Waals surface area contributed by atoms with Crippen LogP contribution in [0.15, 0.2) is 18.7 Å². The molecule has 0 unspecified atom stereocenters. The van der Waals surface area contributed by atoms with E-state index in [9.17, 15) is 4.79 Å². The summed E-state index contributed by atoms with van der Waals surface area (Å²) in [6, 6.07) is 0. The third-order valence-electron chi connectivity index (χ3n) is 1.03. The molecule has 64 valence electrons. The van der Waals surface area contributed by atoms with E-state index in [1.54, 1.807) is 17.0 Å². The van der Waals surface area contributed by atoms with Crippen molar-refractivity contribution in [3.63, 3.8) is 0 Å². The molecule has 0 spiro atoms. The highest BCUT2D eigenvalue weighted by molar-refractivity contribution is 8.23. The Labute approximate surface area is 78.6 Å². The van der Waals surface area contributed by atoms with Gasteiger partial charge in [-0.2, -0.15) is 0 Å². The fourth-order valence-electron chi connectivity index (χ4n) is 0.565. The van der Waals surface area contributed by atoms with E-state index in [1.165, 1.54) is 6.33 Å². The minimum Gasteiger partial charge on any atom is -0.481 e. The van der Waals surface area contributed by atoms with Crippen molar-refractivity contribution in [3.8, 4) is 0 Å². The van der Waals surface area contributed by atoms with Crippen molar-refractivity contribution in [3.05, 3.63) is 18.7 Å². The van der Waals surface area contributed by atoms with Gasteiger partial charge in [0.05, 0.1) is 5.75 Å². The molecule has 12 heavy (non-hydrogen) atoms. The largest absolute Gasteiger partial charge is 0.481 e. The molecule has 1 heterocycles. The first-order valence-corrected chi connectivity index (χ1v) is 4.46. The van der Waals surface area contributed by atoms with Gasteiger partial charge in [0.15, 0.2) is 0 Å². The number of thioether (sulfide) groups is 1. The minimum absolute atomic E-state index is 0.0169. The van der Waals surface area contributed by atoms with Crippen LogP contribution in [0.5, 0.6) is 0 Å². The molecule has 4 nitrogen and oxygen atoms in total. The maximum absolute atomic E-state index is 10.2. The van der Waals surface area contributed by atoms with Gasteiger partial charge < -0.3 is 5.11 Å². The molecule has 1 N–H and O–H groups in total. The van der Waals surface area contributed by atoms with E-state index in [0.29, 0.717) is 4.32 Å². The van der Waals surface area contributed by atoms with Gasteiger partial charge >= 0.3 is 5.97 Å². The van der Waals surface area contributed by atoms with Gasteiger partial charge in [0.1, 0.15) is 10.6 Å². The van der Waals surface area contributed by atoms with Gasteiger partial charge in [0.2, 0.25) is 0 Å². The maximum Gasteiger partial charge on any atom is 0.313 e. The van der Waals surface area contributed by atoms with Gasteiger partial charge in [0, 0.05) is 12.4 Å². The van der Waals surface area contributed by atoms with Crippen LogP contribution in [0.3, 0.4) is 0 Å². The number of hydrogen-bond acceptors (Lipinski definition) is 4. The molecule has 0 radical (unpaired) electrons. The maximum atomic E-state index is 10.2. The van der Waals surface area contributed by atoms with Crippen LogP contribution in [0.25, 0.3) is 0 Å². The lowest BCUT2D eigenvalue weighted by Crippen LogP contribution is -2.06. The first-order valence-electron chi connectivity index (χ1n) is 3.07. The summed E-state index contributed by atoms with van der Waals surface area (Å²) in [5.41, 5.74) is 0. The smallest absolute Gasteiger partial charge is 0.313 e. The summed E-state index contributed by atoms with van der Waals surface area (Å²) < 4.78 is 2.10. The lowest BCUT2D eigenvalue weighted by Gasteiger charge is -1.99. The SMILES string of the molecule is O=C(O)CSC(=S)n1ccnc1. The van der Waals surface area contributed by atoms with Gasteiger partial charge in [-0.1, -0.05) is 24.0 Å². The number of carboxylic acids is 1. The molecular formula is C6H6N2O2S2. The van der Waals surface area contributed by atoms with Gasteiger partial charge in [-0.15, -0.1) is 0 Å². The molecular weight excluding hydrogens is 196 g/mol. The standard InChI is InChI=1S/C6H6N2O2S2/c9-5(10)3-12-6(11)8-2-1-7-4-8/h1-2,4H,3H2,(H,9,10). The van der Waals surface area contributed by atoms with Gasteiger partial charge in [-0.3, -0.25) is 9.36 Å². The second kappa shape index (κ2) is 4.22. The van der Waals surface area contributed by atoms with E-state index in [-0.39, 0.29) is 5.75 Å². The van der Waals surface area contributed by atoms with Crippen LogP contribution in [0, 0.1) is 0 Å². The van der Waals surface area contributed by atoms with Crippen LogP contribution in [0.4, 0.5) is 0 Å². The zero-order valence-electron chi connectivity index (χ0n) is 6.01. The number of thiocarbonyl (C=S) groups is 1. The summed E-state index contributed by atoms with van der Waals surface area (Å²) in [5.74, 6) is -0.890. The number of rotatable bonds is 2. The highest BCUT2D eigenvalue weighted by Crippen LogP contribution is 2.05. The number of aliphatic carboxylic acids is 1. The Morgan fingerprint density at radius 2 is 2.50 bits per heavy atom. The van der Waals surface area contributed by atoms with Crippen LogP contribution >= 0.6 is 24.0 Å². The molecule has 1 rings (SSSR count). The second-order valence-electron chi connectivity index (χ2n) is 1.92. The average Bonchev–Trinajstić information content (AvgIpc) is 2.51. The van der Waals surface area contributed by atoms with Gasteiger partial charge in [-0.25, -0.2) is 4.98 Å². The van der Waals surface area contributed by atoms with Crippen molar-refractivity contribution in [2.75, 3.05) is 5.75 Å². The molecule has 0 amide bonds. The Bertz CT molecular complexity index is 284. The van der Waals surface area contributed by atoms with Crippen molar-refractivity contribution in [2.45, 2.75) is 0 Å². The van der Waals surface area contributed by atoms with Crippen LogP contribution in [0.2, 0.25) is 0 Å². The molecule has 0 aliphatic rings. The molecule has 1 aromatic heterocycles. The summed E-state index contributed by atoms with van der Waals surface area (Å²) >= 11 is 6.01. The molecule has 1 aromatic rings. The van der Waals surface area contributed by atoms with Crippen molar-refractivity contribution in [2.24, 2.45) is 0 Å². The van der Waals surface area contributed by atoms with Gasteiger partial charge in [-0.05, 0) is 0 Å². The topological polar surface area (TPSA) is 55.1 Å². The highest BCUT2D eigenvalue weighted by atomic mass is 32.2. The summed E-state index contributed by atoms with van der Waals surface area (Å²) in [4.78, 5) is 14.0. The van der Waals surface area contributed by atoms with E-state index in [1.807, 2.05) is 0 Å². The Morgan fingerprint density at radius 1 is 1.75 bits per heavy atom. The first-order chi connectivity index (χ1) is 5.70. The van der Waals surface area contributed by atoms with E-state index < -0.39 is 5.97 Å². The molecule has 0 saturated heterocycles. The molecule has 0 bridgehead atoms. The number of aromatic nitrogens is 2. The van der Waals surface area contributed by atoms with E-state index in [4.69, 9.17) is 17.3 Å². The lowest BCUT2D eigenvalue weighted by atomic mass is 10.8. The van der Waals surface area contributed by atoms with Crippen molar-refractivity contribution in [1.29, 1.82) is 0 Å². The normalized spacial score (nSPS) is 9.67. The molecule has 0 aliphatic carbocycles. The fourth-order valence-corrected chi connectivity index (χ4v) is 1.35. The molecule has 0 fully saturated rings. The third-order valence-corrected chi connectivity index (χ3v) is 2.45. The Kier molecular flexibility index (Phi) is 3.24. The van der Waals surface area contributed by atoms with Crippen molar-refractivity contribution >= 4 is 34.3 Å². The zero-order valence-corrected chi connectivity index (χ0v) is 7.64. The van der Waals surface area contributed by atoms with Crippen LogP contribution in [-0.4, -0.2) is 30.7 Å². The highest BCUT2D eigenvalue weighted by Gasteiger charge is 2.02. The number of imidazole rings is 1. The number of nitrogens with zero attached hydrogens (tertiary/aromatic N) is 2. The van der Waals surface area contributed by atoms with Crippen molar-refractivity contribution in [1.82, 2.24) is 9.55 Å². The predicted octanol–water partition coefficient (Wildman–Crippen LogP) is 0.834. The average molecular weight is 202 g/mol. The molecule has 6 heteroatoms. The predicted molar refractivity (Wildman–Crippen MR) is 50.3 cm³/mol. The van der Waals surface area contributed by atoms with E-state index >= 15 is 0 Å². The Balaban J connectivity index is 2.45. The second-order valence-corrected chi connectivity index (χ2v) is 3.53. The Morgan fingerprint density at radius 3 is 3.00 bits per heavy atom. The summed E-state index contributed by atoms with van der Waals surface area (Å²) in [7, 11) is 0. The quantitative estimate of drug-likeness (QED) is 0.720. The monoisotopic (exact) mass is 202 g/mol. The number of carboxylic acid groups (broad SMARTS) is 1. The number of carbonyl (C=O) groups is 1. The summed E-state index contributed by atoms with van der Waals surface area (Å²) in [5, 5.41) is 8.35. The molecule has 0 atom stereocenters. The first kappa shape index (κ1) is 9.21. The third kappa shape index (κ3) is 2.63. The molecule has 0 saturated carbocycles. The van der Waals surface area contributed by atoms with Crippen molar-refractivity contribution < 1.29 is 9.90 Å². The van der Waals surface area contributed by atoms with Crippen LogP contribution in [0.1, 0.15) is 0 Å². The summed E-state index contributed by atoms with van der Waals surface area (Å²) in [6.45, 7) is 0. The minimum atomic E-state index is -0.873. The van der Waals surface area contributed by atoms with E-state index in [2.05, 4.69) is 4.98 Å².